The maximum atomic E-state index is 2.99. The van der Waals surface area contributed by atoms with Gasteiger partial charge in [0.05, 0.1) is 0 Å². The van der Waals surface area contributed by atoms with E-state index in [1.807, 2.05) is 18.2 Å². The summed E-state index contributed by atoms with van der Waals surface area (Å²) in [5.41, 5.74) is 0. The van der Waals surface area contributed by atoms with Crippen LogP contribution in [0.4, 0.5) is 0 Å². The van der Waals surface area contributed by atoms with Crippen LogP contribution in [0.1, 0.15) is 0 Å². The van der Waals surface area contributed by atoms with Crippen molar-refractivity contribution in [1.29, 1.82) is 0 Å². The quantitative estimate of drug-likeness (QED) is 0.524. The molecule has 0 unspecified atom stereocenters. The van der Waals surface area contributed by atoms with Crippen LogP contribution in [0.25, 0.3) is 0 Å². The van der Waals surface area contributed by atoms with Crippen LogP contribution in [0.2, 0.25) is 0 Å². The molecule has 0 nitrogen and oxygen atoms in total. The van der Waals surface area contributed by atoms with Crippen LogP contribution < -0.4 is 0 Å². The first-order chi connectivity index (χ1) is 3.93. The molecule has 2 heteroatoms. The molecule has 0 saturated carbocycles. The molecule has 0 spiro atoms. The summed E-state index contributed by atoms with van der Waals surface area (Å²) in [6.45, 7) is 0. The zero-order valence-electron chi connectivity index (χ0n) is 5.42. The Balaban J connectivity index is 0.000000640. The van der Waals surface area contributed by atoms with Crippen LogP contribution in [0.3, 0.4) is 0 Å². The van der Waals surface area contributed by atoms with Crippen molar-refractivity contribution in [2.45, 2.75) is 4.90 Å². The third-order valence-electron chi connectivity index (χ3n) is 0.914. The maximum absolute atomic E-state index is 2.99. The molecule has 0 amide bonds. The zero-order valence-corrected chi connectivity index (χ0v) is 12.6. The van der Waals surface area contributed by atoms with Crippen molar-refractivity contribution in [2.75, 3.05) is 6.26 Å². The molecule has 1 aromatic rings. The largest absolute Gasteiger partial charge is 0.199 e. The number of rotatable bonds is 1. The van der Waals surface area contributed by atoms with E-state index >= 15 is 0 Å². The van der Waals surface area contributed by atoms with E-state index in [1.54, 1.807) is 11.8 Å². The van der Waals surface area contributed by atoms with E-state index in [1.165, 1.54) is 4.90 Å². The summed E-state index contributed by atoms with van der Waals surface area (Å²) in [6.07, 6.45) is 2.06. The Morgan fingerprint density at radius 2 is 2.33 bits per heavy atom. The second-order valence-corrected chi connectivity index (χ2v) is 2.32. The van der Waals surface area contributed by atoms with Gasteiger partial charge >= 0.3 is 0 Å². The fourth-order valence-electron chi connectivity index (χ4n) is 0.504. The molecular weight excluding hydrogens is 383 g/mol. The minimum atomic E-state index is 0. The second-order valence-electron chi connectivity index (χ2n) is 1.44. The molecule has 1 aromatic carbocycles. The van der Waals surface area contributed by atoms with Gasteiger partial charge in [-0.2, -0.15) is 42.1 Å². The Bertz CT molecular complexity index is 150. The van der Waals surface area contributed by atoms with Gasteiger partial charge in [-0.3, -0.25) is 0 Å². The number of thioether (sulfide) groups is 1. The Hall–Kier alpha value is -1.43. The molecule has 0 aromatic heterocycles. The van der Waals surface area contributed by atoms with Crippen molar-refractivity contribution in [3.8, 4) is 0 Å². The van der Waals surface area contributed by atoms with Gasteiger partial charge in [0, 0.05) is 0 Å². The van der Waals surface area contributed by atoms with E-state index in [2.05, 4.69) is 18.4 Å². The molecule has 0 radical (unpaired) electrons. The van der Waals surface area contributed by atoms with E-state index in [0.29, 0.717) is 0 Å². The molecular formula is C7H7RfS-. The Labute approximate surface area is 53.9 Å². The third kappa shape index (κ3) is 1.87. The van der Waals surface area contributed by atoms with Gasteiger partial charge in [-0.15, -0.1) is 4.90 Å². The molecule has 44 valence electrons. The van der Waals surface area contributed by atoms with E-state index in [0.717, 1.165) is 0 Å². The number of hydrogen-bond donors (Lipinski definition) is 0. The van der Waals surface area contributed by atoms with Gasteiger partial charge in [0.25, 0.3) is 0 Å². The second kappa shape index (κ2) is 3.56. The van der Waals surface area contributed by atoms with Gasteiger partial charge in [0.15, 0.2) is 0 Å². The topological polar surface area (TPSA) is 0 Å². The summed E-state index contributed by atoms with van der Waals surface area (Å²) >= 11 is 1.74. The van der Waals surface area contributed by atoms with Crippen LogP contribution in [0.5, 0.6) is 0 Å². The van der Waals surface area contributed by atoms with Crippen molar-refractivity contribution in [2.24, 2.45) is 0 Å². The first-order valence-corrected chi connectivity index (χ1v) is 3.66. The van der Waals surface area contributed by atoms with Crippen molar-refractivity contribution >= 4 is 11.8 Å². The van der Waals surface area contributed by atoms with Crippen molar-refractivity contribution in [3.05, 3.63) is 30.3 Å². The van der Waals surface area contributed by atoms with Gasteiger partial charge < -0.3 is 0 Å². The van der Waals surface area contributed by atoms with Gasteiger partial charge in [-0.25, -0.2) is 0 Å². The molecule has 0 aliphatic carbocycles. The van der Waals surface area contributed by atoms with Gasteiger partial charge in [0.2, 0.25) is 0 Å². The first kappa shape index (κ1) is 7.57. The monoisotopic (exact) mass is 390 g/mol. The van der Waals surface area contributed by atoms with E-state index in [9.17, 15) is 0 Å². The van der Waals surface area contributed by atoms with Crippen molar-refractivity contribution in [3.63, 3.8) is 0 Å². The average Bonchev–Trinajstić information content (AvgIpc) is 1.90. The summed E-state index contributed by atoms with van der Waals surface area (Å²) in [7, 11) is 0. The van der Waals surface area contributed by atoms with Crippen LogP contribution in [0, 0.1) is 6.07 Å². The standard InChI is InChI=1S/C7H7S.Rf/c1-8-7-5-3-2-4-6-7;/h2-3,5-6H,1H3;/q-1;. The Morgan fingerprint density at radius 1 is 1.56 bits per heavy atom. The molecule has 1 rings (SSSR count). The van der Waals surface area contributed by atoms with Crippen LogP contribution in [0.15, 0.2) is 29.2 Å². The van der Waals surface area contributed by atoms with Crippen LogP contribution >= 0.6 is 11.8 Å². The SMILES string of the molecule is CSc1c[c-]ccc1.[Rf]. The molecule has 0 heterocycles. The van der Waals surface area contributed by atoms with E-state index in [4.69, 9.17) is 0 Å². The van der Waals surface area contributed by atoms with Gasteiger partial charge in [-0.05, 0) is 6.26 Å². The first-order valence-electron chi connectivity index (χ1n) is 2.43. The average molecular weight is 390 g/mol. The predicted octanol–water partition coefficient (Wildman–Crippen LogP) is 2.21. The summed E-state index contributed by atoms with van der Waals surface area (Å²) < 4.78 is 0. The van der Waals surface area contributed by atoms with Crippen molar-refractivity contribution in [1.82, 2.24) is 0 Å². The van der Waals surface area contributed by atoms with Crippen LogP contribution in [-0.4, -0.2) is 6.26 Å². The third-order valence-corrected chi connectivity index (χ3v) is 1.64. The normalized spacial score (nSPS) is 8.11. The minimum absolute atomic E-state index is 0. The van der Waals surface area contributed by atoms with Gasteiger partial charge in [-0.1, -0.05) is 0 Å². The van der Waals surface area contributed by atoms with Crippen LogP contribution in [-0.2, 0) is 0 Å². The van der Waals surface area contributed by atoms with Crippen molar-refractivity contribution < 1.29 is 0 Å². The Morgan fingerprint density at radius 3 is 2.67 bits per heavy atom. The summed E-state index contributed by atoms with van der Waals surface area (Å²) in [6, 6.07) is 10.9. The number of hydrogen-bond acceptors (Lipinski definition) is 1. The molecule has 0 saturated heterocycles. The Kier molecular flexibility index (Phi) is 2.99. The fourth-order valence-corrected chi connectivity index (χ4v) is 0.904. The fraction of sp³-hybridized carbons (Fsp3) is 0.143. The molecule has 0 atom stereocenters. The van der Waals surface area contributed by atoms with E-state index in [-0.39, 0.29) is 0 Å². The molecule has 0 bridgehead atoms. The molecule has 0 N–H and O–H groups in total. The minimum Gasteiger partial charge on any atom is -0.199 e. The summed E-state index contributed by atoms with van der Waals surface area (Å²) in [5.74, 6) is 0. The molecule has 0 aliphatic heterocycles. The van der Waals surface area contributed by atoms with Gasteiger partial charge in [0.1, 0.15) is 0 Å². The zero-order chi connectivity index (χ0) is 5.82. The summed E-state index contributed by atoms with van der Waals surface area (Å²) in [4.78, 5) is 1.27. The maximum Gasteiger partial charge on any atom is 0 e. The predicted molar refractivity (Wildman–Crippen MR) is 37.1 cm³/mol. The summed E-state index contributed by atoms with van der Waals surface area (Å²) in [5, 5.41) is 0. The molecule has 0 aliphatic rings. The molecule has 9 heavy (non-hydrogen) atoms. The van der Waals surface area contributed by atoms with E-state index < -0.39 is 0 Å². The molecule has 0 fully saturated rings. The number of benzene rings is 1. The smallest absolute Gasteiger partial charge is 0 e.